The Hall–Kier alpha value is -3.43. The molecular formula is C25H29F2N5O3. The Labute approximate surface area is 202 Å². The molecular weight excluding hydrogens is 456 g/mol. The summed E-state index contributed by atoms with van der Waals surface area (Å²) in [6, 6.07) is 11.4. The maximum Gasteiger partial charge on any atom is 0.387 e. The van der Waals surface area contributed by atoms with E-state index in [1.807, 2.05) is 10.7 Å². The smallest absolute Gasteiger partial charge is 0.387 e. The van der Waals surface area contributed by atoms with Crippen LogP contribution in [0.25, 0.3) is 0 Å². The van der Waals surface area contributed by atoms with Crippen LogP contribution in [0.5, 0.6) is 17.2 Å². The van der Waals surface area contributed by atoms with Crippen LogP contribution in [0.4, 0.5) is 14.5 Å². The molecule has 2 aliphatic carbocycles. The molecule has 1 heterocycles. The molecule has 35 heavy (non-hydrogen) atoms. The highest BCUT2D eigenvalue weighted by Crippen LogP contribution is 2.38. The lowest BCUT2D eigenvalue weighted by molar-refractivity contribution is -0.0515. The van der Waals surface area contributed by atoms with E-state index in [1.54, 1.807) is 30.3 Å². The first kappa shape index (κ1) is 23.3. The van der Waals surface area contributed by atoms with Gasteiger partial charge in [-0.1, -0.05) is 31.4 Å². The number of tetrazole rings is 1. The molecule has 5 rings (SSSR count). The number of anilines is 1. The normalized spacial score (nSPS) is 17.3. The second-order valence-electron chi connectivity index (χ2n) is 9.24. The van der Waals surface area contributed by atoms with E-state index in [2.05, 4.69) is 20.8 Å². The van der Waals surface area contributed by atoms with E-state index in [0.717, 1.165) is 44.1 Å². The van der Waals surface area contributed by atoms with E-state index in [-0.39, 0.29) is 23.3 Å². The van der Waals surface area contributed by atoms with Gasteiger partial charge in [0.05, 0.1) is 12.6 Å². The monoisotopic (exact) mass is 485 g/mol. The molecule has 2 fully saturated rings. The number of nitrogens with zero attached hydrogens (tertiary/aromatic N) is 4. The number of aromatic hydroxyl groups is 1. The number of hydrogen-bond donors (Lipinski definition) is 2. The first-order valence-corrected chi connectivity index (χ1v) is 12.1. The van der Waals surface area contributed by atoms with Crippen LogP contribution < -0.4 is 14.8 Å². The van der Waals surface area contributed by atoms with E-state index < -0.39 is 12.7 Å². The molecule has 2 aliphatic rings. The van der Waals surface area contributed by atoms with Crippen molar-refractivity contribution >= 4 is 5.69 Å². The van der Waals surface area contributed by atoms with Crippen LogP contribution in [-0.2, 0) is 0 Å². The molecule has 1 unspecified atom stereocenters. The second-order valence-corrected chi connectivity index (χ2v) is 9.24. The average molecular weight is 486 g/mol. The fraction of sp³-hybridized carbons (Fsp3) is 0.480. The number of benzene rings is 2. The first-order chi connectivity index (χ1) is 17.1. The molecule has 3 aromatic rings. The highest BCUT2D eigenvalue weighted by molar-refractivity contribution is 5.53. The number of nitrogens with one attached hydrogen (secondary N) is 1. The van der Waals surface area contributed by atoms with Gasteiger partial charge in [0.2, 0.25) is 0 Å². The van der Waals surface area contributed by atoms with Gasteiger partial charge in [-0.3, -0.25) is 0 Å². The topological polar surface area (TPSA) is 94.3 Å². The third kappa shape index (κ3) is 5.80. The molecule has 1 aromatic heterocycles. The molecule has 2 N–H and O–H groups in total. The molecule has 0 amide bonds. The molecule has 0 spiro atoms. The van der Waals surface area contributed by atoms with Crippen LogP contribution in [0.1, 0.15) is 68.4 Å². The summed E-state index contributed by atoms with van der Waals surface area (Å²) in [4.78, 5) is 0. The molecule has 1 atom stereocenters. The number of phenolic OH excluding ortho intramolecular Hbond substituents is 1. The molecule has 0 bridgehead atoms. The Balaban J connectivity index is 1.52. The number of rotatable bonds is 10. The third-order valence-electron chi connectivity index (χ3n) is 6.54. The Kier molecular flexibility index (Phi) is 6.96. The van der Waals surface area contributed by atoms with Crippen molar-refractivity contribution in [2.75, 3.05) is 11.9 Å². The molecule has 186 valence electrons. The predicted molar refractivity (Wildman–Crippen MR) is 125 cm³/mol. The van der Waals surface area contributed by atoms with Crippen LogP contribution in [0.15, 0.2) is 42.5 Å². The van der Waals surface area contributed by atoms with E-state index in [9.17, 15) is 13.9 Å². The van der Waals surface area contributed by atoms with E-state index in [1.165, 1.54) is 12.5 Å². The van der Waals surface area contributed by atoms with Crippen LogP contribution in [0.3, 0.4) is 0 Å². The van der Waals surface area contributed by atoms with Gasteiger partial charge in [-0.2, -0.15) is 8.78 Å². The quantitative estimate of drug-likeness (QED) is 0.393. The molecule has 2 aromatic carbocycles. The van der Waals surface area contributed by atoms with Gasteiger partial charge in [-0.05, 0) is 71.9 Å². The van der Waals surface area contributed by atoms with Crippen molar-refractivity contribution in [2.24, 2.45) is 5.92 Å². The third-order valence-corrected chi connectivity index (χ3v) is 6.54. The lowest BCUT2D eigenvalue weighted by Gasteiger charge is -2.26. The highest BCUT2D eigenvalue weighted by atomic mass is 19.3. The summed E-state index contributed by atoms with van der Waals surface area (Å²) in [5.74, 6) is 1.42. The lowest BCUT2D eigenvalue weighted by atomic mass is 9.95. The van der Waals surface area contributed by atoms with Crippen LogP contribution in [-0.4, -0.2) is 38.5 Å². The van der Waals surface area contributed by atoms with Crippen molar-refractivity contribution in [2.45, 2.75) is 63.6 Å². The Bertz CT molecular complexity index is 1130. The number of halogens is 2. The highest BCUT2D eigenvalue weighted by Gasteiger charge is 2.28. The van der Waals surface area contributed by atoms with Gasteiger partial charge in [0.15, 0.2) is 17.3 Å². The SMILES string of the molecule is Oc1cccc(NC(c2ccc(OC(F)F)c(OCC3CC3)c2)c2nnnn2C2CCCCC2)c1. The van der Waals surface area contributed by atoms with Gasteiger partial charge in [-0.15, -0.1) is 5.10 Å². The van der Waals surface area contributed by atoms with Crippen LogP contribution in [0, 0.1) is 5.92 Å². The lowest BCUT2D eigenvalue weighted by Crippen LogP contribution is -2.23. The predicted octanol–water partition coefficient (Wildman–Crippen LogP) is 5.48. The van der Waals surface area contributed by atoms with Crippen molar-refractivity contribution in [3.05, 3.63) is 53.9 Å². The van der Waals surface area contributed by atoms with Crippen molar-refractivity contribution in [3.8, 4) is 17.2 Å². The van der Waals surface area contributed by atoms with Gasteiger partial charge >= 0.3 is 6.61 Å². The zero-order valence-corrected chi connectivity index (χ0v) is 19.3. The maximum absolute atomic E-state index is 13.0. The number of ether oxygens (including phenoxy) is 2. The van der Waals surface area contributed by atoms with Gasteiger partial charge in [0.1, 0.15) is 11.8 Å². The second kappa shape index (κ2) is 10.5. The molecule has 0 radical (unpaired) electrons. The average Bonchev–Trinajstić information content (AvgIpc) is 3.56. The molecule has 2 saturated carbocycles. The molecule has 0 aliphatic heterocycles. The molecule has 0 saturated heterocycles. The minimum Gasteiger partial charge on any atom is -0.508 e. The van der Waals surface area contributed by atoms with Gasteiger partial charge in [0.25, 0.3) is 0 Å². The first-order valence-electron chi connectivity index (χ1n) is 12.1. The summed E-state index contributed by atoms with van der Waals surface area (Å²) in [5, 5.41) is 26.0. The van der Waals surface area contributed by atoms with E-state index >= 15 is 0 Å². The zero-order valence-electron chi connectivity index (χ0n) is 19.3. The maximum atomic E-state index is 13.0. The van der Waals surface area contributed by atoms with Crippen LogP contribution >= 0.6 is 0 Å². The summed E-state index contributed by atoms with van der Waals surface area (Å²) in [7, 11) is 0. The fourth-order valence-electron chi connectivity index (χ4n) is 4.54. The van der Waals surface area contributed by atoms with Crippen molar-refractivity contribution in [3.63, 3.8) is 0 Å². The largest absolute Gasteiger partial charge is 0.508 e. The minimum atomic E-state index is -2.95. The van der Waals surface area contributed by atoms with Crippen molar-refractivity contribution in [1.29, 1.82) is 0 Å². The number of alkyl halides is 2. The number of phenols is 1. The summed E-state index contributed by atoms with van der Waals surface area (Å²) < 4.78 is 38.6. The van der Waals surface area contributed by atoms with Crippen molar-refractivity contribution in [1.82, 2.24) is 20.2 Å². The molecule has 8 nitrogen and oxygen atoms in total. The summed E-state index contributed by atoms with van der Waals surface area (Å²) in [6.45, 7) is -2.50. The fourth-order valence-corrected chi connectivity index (χ4v) is 4.54. The minimum absolute atomic E-state index is 0.00706. The van der Waals surface area contributed by atoms with E-state index in [4.69, 9.17) is 9.47 Å². The Morgan fingerprint density at radius 1 is 1.03 bits per heavy atom. The standard InChI is InChI=1S/C25H29F2N5O3/c26-25(27)35-21-12-11-17(13-22(21)34-15-16-9-10-16)23(28-18-5-4-8-20(33)14-18)24-29-30-31-32(24)19-6-2-1-3-7-19/h4-5,8,11-14,16,19,23,25,28,33H,1-3,6-7,9-10,15H2. The zero-order chi connectivity index (χ0) is 24.2. The summed E-state index contributed by atoms with van der Waals surface area (Å²) >= 11 is 0. The Morgan fingerprint density at radius 3 is 2.60 bits per heavy atom. The number of aromatic nitrogens is 4. The van der Waals surface area contributed by atoms with Gasteiger partial charge < -0.3 is 19.9 Å². The molecule has 10 heteroatoms. The number of hydrogen-bond acceptors (Lipinski definition) is 7. The summed E-state index contributed by atoms with van der Waals surface area (Å²) in [6.07, 6.45) is 7.57. The van der Waals surface area contributed by atoms with E-state index in [0.29, 0.717) is 24.0 Å². The van der Waals surface area contributed by atoms with Gasteiger partial charge in [0, 0.05) is 11.8 Å². The van der Waals surface area contributed by atoms with Gasteiger partial charge in [-0.25, -0.2) is 4.68 Å². The van der Waals surface area contributed by atoms with Crippen molar-refractivity contribution < 1.29 is 23.4 Å². The Morgan fingerprint density at radius 2 is 1.86 bits per heavy atom. The van der Waals surface area contributed by atoms with Crippen LogP contribution in [0.2, 0.25) is 0 Å². The summed E-state index contributed by atoms with van der Waals surface area (Å²) in [5.41, 5.74) is 1.40.